The quantitative estimate of drug-likeness (QED) is 0.802. The van der Waals surface area contributed by atoms with Gasteiger partial charge < -0.3 is 14.7 Å². The first-order valence-corrected chi connectivity index (χ1v) is 8.49. The fraction of sp³-hybridized carbons (Fsp3) is 0.812. The van der Waals surface area contributed by atoms with Gasteiger partial charge in [-0.15, -0.1) is 0 Å². The number of piperidine rings is 2. The third kappa shape index (κ3) is 3.45. The number of carbonyl (C=O) groups is 1. The average molecular weight is 337 g/mol. The molecular formula is C16H27N5O3. The molecule has 8 heteroatoms. The summed E-state index contributed by atoms with van der Waals surface area (Å²) in [6.45, 7) is 5.51. The molecule has 0 unspecified atom stereocenters. The summed E-state index contributed by atoms with van der Waals surface area (Å²) in [6, 6.07) is 0. The maximum atomic E-state index is 12.1. The zero-order chi connectivity index (χ0) is 17.3. The molecule has 0 spiro atoms. The number of hydrogen-bond donors (Lipinski definition) is 1. The van der Waals surface area contributed by atoms with Gasteiger partial charge in [-0.05, 0) is 19.8 Å². The lowest BCUT2D eigenvalue weighted by molar-refractivity contribution is -0.150. The van der Waals surface area contributed by atoms with Crippen LogP contribution in [-0.2, 0) is 23.1 Å². The number of rotatable bonds is 4. The predicted molar refractivity (Wildman–Crippen MR) is 87.1 cm³/mol. The van der Waals surface area contributed by atoms with E-state index < -0.39 is 5.60 Å². The normalized spacial score (nSPS) is 28.0. The number of methoxy groups -OCH3 is 1. The first-order chi connectivity index (χ1) is 11.4. The Morgan fingerprint density at radius 2 is 2.12 bits per heavy atom. The summed E-state index contributed by atoms with van der Waals surface area (Å²) in [5, 5.41) is 15.2. The smallest absolute Gasteiger partial charge is 0.248 e. The van der Waals surface area contributed by atoms with Gasteiger partial charge in [0.25, 0.3) is 0 Å². The Morgan fingerprint density at radius 3 is 2.79 bits per heavy atom. The van der Waals surface area contributed by atoms with Crippen molar-refractivity contribution in [2.24, 2.45) is 13.0 Å². The highest BCUT2D eigenvalue weighted by atomic mass is 16.5. The van der Waals surface area contributed by atoms with Crippen molar-refractivity contribution in [1.82, 2.24) is 24.6 Å². The molecule has 0 aromatic carbocycles. The minimum Gasteiger partial charge on any atom is -0.389 e. The summed E-state index contributed by atoms with van der Waals surface area (Å²) in [7, 11) is 3.44. The molecule has 0 bridgehead atoms. The van der Waals surface area contributed by atoms with E-state index in [9.17, 15) is 9.90 Å². The lowest BCUT2D eigenvalue weighted by Crippen LogP contribution is -2.60. The van der Waals surface area contributed by atoms with Crippen molar-refractivity contribution in [2.75, 3.05) is 39.9 Å². The maximum absolute atomic E-state index is 12.1. The molecule has 2 aliphatic rings. The Hall–Kier alpha value is -1.51. The second-order valence-electron chi connectivity index (χ2n) is 7.01. The van der Waals surface area contributed by atoms with Gasteiger partial charge in [0.2, 0.25) is 5.91 Å². The maximum Gasteiger partial charge on any atom is 0.248 e. The molecule has 0 saturated carbocycles. The highest BCUT2D eigenvalue weighted by Crippen LogP contribution is 2.35. The van der Waals surface area contributed by atoms with E-state index in [1.807, 2.05) is 23.6 Å². The van der Waals surface area contributed by atoms with Gasteiger partial charge >= 0.3 is 0 Å². The van der Waals surface area contributed by atoms with E-state index in [0.717, 1.165) is 37.7 Å². The standard InChI is InChI=1S/C16H27N5O3/c1-12-17-14(19(2)18-12)10-20-6-4-16(23)5-7-21(9-13(16)8-20)15(22)11-24-3/h13,23H,4-11H2,1-3H3/t13-,16-/m1/s1. The van der Waals surface area contributed by atoms with Gasteiger partial charge in [0.1, 0.15) is 18.3 Å². The van der Waals surface area contributed by atoms with Crippen LogP contribution in [0.2, 0.25) is 0 Å². The van der Waals surface area contributed by atoms with Crippen LogP contribution in [-0.4, -0.2) is 81.1 Å². The number of carbonyl (C=O) groups excluding carboxylic acids is 1. The fourth-order valence-corrected chi connectivity index (χ4v) is 3.85. The molecule has 8 nitrogen and oxygen atoms in total. The lowest BCUT2D eigenvalue weighted by Gasteiger charge is -2.50. The number of hydrogen-bond acceptors (Lipinski definition) is 6. The zero-order valence-corrected chi connectivity index (χ0v) is 14.7. The van der Waals surface area contributed by atoms with Crippen LogP contribution in [0, 0.1) is 12.8 Å². The molecule has 3 heterocycles. The molecule has 1 aromatic rings. The highest BCUT2D eigenvalue weighted by Gasteiger charge is 2.45. The predicted octanol–water partition coefficient (Wildman–Crippen LogP) is -0.445. The Balaban J connectivity index is 1.65. The molecule has 2 fully saturated rings. The highest BCUT2D eigenvalue weighted by molar-refractivity contribution is 5.77. The van der Waals surface area contributed by atoms with E-state index in [1.54, 1.807) is 0 Å². The summed E-state index contributed by atoms with van der Waals surface area (Å²) in [5.41, 5.74) is -0.657. The molecule has 2 saturated heterocycles. The van der Waals surface area contributed by atoms with E-state index in [1.165, 1.54) is 7.11 Å². The van der Waals surface area contributed by atoms with Crippen molar-refractivity contribution in [3.8, 4) is 0 Å². The zero-order valence-electron chi connectivity index (χ0n) is 14.7. The van der Waals surface area contributed by atoms with Crippen LogP contribution < -0.4 is 0 Å². The first-order valence-electron chi connectivity index (χ1n) is 8.49. The molecule has 0 aliphatic carbocycles. The minimum absolute atomic E-state index is 0.000555. The van der Waals surface area contributed by atoms with Crippen molar-refractivity contribution in [2.45, 2.75) is 31.9 Å². The molecule has 1 amide bonds. The first kappa shape index (κ1) is 17.3. The summed E-state index contributed by atoms with van der Waals surface area (Å²) in [6.07, 6.45) is 1.38. The number of amides is 1. The van der Waals surface area contributed by atoms with Crippen LogP contribution in [0.15, 0.2) is 0 Å². The molecule has 134 valence electrons. The number of nitrogens with zero attached hydrogens (tertiary/aromatic N) is 5. The van der Waals surface area contributed by atoms with Gasteiger partial charge in [0, 0.05) is 46.3 Å². The average Bonchev–Trinajstić information content (AvgIpc) is 2.85. The number of ether oxygens (including phenoxy) is 1. The third-order valence-electron chi connectivity index (χ3n) is 5.30. The second-order valence-corrected chi connectivity index (χ2v) is 7.01. The van der Waals surface area contributed by atoms with Crippen LogP contribution in [0.3, 0.4) is 0 Å². The summed E-state index contributed by atoms with van der Waals surface area (Å²) in [5.74, 6) is 1.77. The van der Waals surface area contributed by atoms with Crippen molar-refractivity contribution in [3.05, 3.63) is 11.6 Å². The third-order valence-corrected chi connectivity index (χ3v) is 5.30. The van der Waals surface area contributed by atoms with Crippen LogP contribution >= 0.6 is 0 Å². The molecule has 0 radical (unpaired) electrons. The topological polar surface area (TPSA) is 83.7 Å². The summed E-state index contributed by atoms with van der Waals surface area (Å²) in [4.78, 5) is 20.7. The van der Waals surface area contributed by atoms with Crippen LogP contribution in [0.4, 0.5) is 0 Å². The van der Waals surface area contributed by atoms with E-state index in [2.05, 4.69) is 15.0 Å². The number of aliphatic hydroxyl groups is 1. The van der Waals surface area contributed by atoms with Gasteiger partial charge in [-0.1, -0.05) is 0 Å². The molecule has 1 aromatic heterocycles. The van der Waals surface area contributed by atoms with Crippen molar-refractivity contribution < 1.29 is 14.6 Å². The second kappa shape index (κ2) is 6.78. The summed E-state index contributed by atoms with van der Waals surface area (Å²) >= 11 is 0. The Labute approximate surface area is 142 Å². The van der Waals surface area contributed by atoms with Crippen molar-refractivity contribution >= 4 is 5.91 Å². The SMILES string of the molecule is COCC(=O)N1CC[C@]2(O)CCN(Cc3nc(C)nn3C)C[C@@H]2C1. The van der Waals surface area contributed by atoms with Gasteiger partial charge in [0.15, 0.2) is 0 Å². The van der Waals surface area contributed by atoms with Gasteiger partial charge in [-0.3, -0.25) is 14.4 Å². The molecule has 3 rings (SSSR count). The van der Waals surface area contributed by atoms with E-state index in [0.29, 0.717) is 19.5 Å². The van der Waals surface area contributed by atoms with Crippen molar-refractivity contribution in [1.29, 1.82) is 0 Å². The largest absolute Gasteiger partial charge is 0.389 e. The Morgan fingerprint density at radius 1 is 1.38 bits per heavy atom. The molecule has 2 atom stereocenters. The van der Waals surface area contributed by atoms with Crippen LogP contribution in [0.1, 0.15) is 24.5 Å². The summed E-state index contributed by atoms with van der Waals surface area (Å²) < 4.78 is 6.76. The Kier molecular flexibility index (Phi) is 4.89. The van der Waals surface area contributed by atoms with Crippen LogP contribution in [0.5, 0.6) is 0 Å². The fourth-order valence-electron chi connectivity index (χ4n) is 3.85. The number of likely N-dealkylation sites (tertiary alicyclic amines) is 2. The monoisotopic (exact) mass is 337 g/mol. The van der Waals surface area contributed by atoms with E-state index in [-0.39, 0.29) is 18.4 Å². The Bertz CT molecular complexity index is 605. The van der Waals surface area contributed by atoms with E-state index in [4.69, 9.17) is 4.74 Å². The van der Waals surface area contributed by atoms with Crippen molar-refractivity contribution in [3.63, 3.8) is 0 Å². The molecule has 24 heavy (non-hydrogen) atoms. The lowest BCUT2D eigenvalue weighted by atomic mass is 9.75. The molecule has 2 aliphatic heterocycles. The van der Waals surface area contributed by atoms with E-state index >= 15 is 0 Å². The van der Waals surface area contributed by atoms with Gasteiger partial charge in [-0.2, -0.15) is 5.10 Å². The minimum atomic E-state index is -0.657. The molecule has 1 N–H and O–H groups in total. The number of fused-ring (bicyclic) bond motifs is 1. The molecular weight excluding hydrogens is 310 g/mol. The number of aryl methyl sites for hydroxylation is 2. The van der Waals surface area contributed by atoms with Crippen LogP contribution in [0.25, 0.3) is 0 Å². The van der Waals surface area contributed by atoms with Gasteiger partial charge in [0.05, 0.1) is 12.1 Å². The number of aromatic nitrogens is 3. The van der Waals surface area contributed by atoms with Gasteiger partial charge in [-0.25, -0.2) is 4.98 Å².